The monoisotopic (exact) mass is 284 g/mol. The predicted octanol–water partition coefficient (Wildman–Crippen LogP) is 2.98. The number of benzene rings is 1. The fourth-order valence-corrected chi connectivity index (χ4v) is 4.06. The summed E-state index contributed by atoms with van der Waals surface area (Å²) < 4.78 is 0. The van der Waals surface area contributed by atoms with E-state index in [9.17, 15) is 9.90 Å². The van der Waals surface area contributed by atoms with Gasteiger partial charge in [0, 0.05) is 47.2 Å². The lowest BCUT2D eigenvalue weighted by Gasteiger charge is -2.28. The number of phenolic OH excluding ortho intramolecular Hbond substituents is 1. The van der Waals surface area contributed by atoms with Crippen molar-refractivity contribution in [3.8, 4) is 5.75 Å². The molecule has 2 aromatic rings. The molecule has 0 amide bonds. The second-order valence-electron chi connectivity index (χ2n) is 6.53. The molecule has 2 aliphatic rings. The van der Waals surface area contributed by atoms with Crippen LogP contribution in [-0.4, -0.2) is 28.0 Å². The summed E-state index contributed by atoms with van der Waals surface area (Å²) in [7, 11) is 0. The Morgan fingerprint density at radius 1 is 1.24 bits per heavy atom. The Hall–Kier alpha value is -1.81. The van der Waals surface area contributed by atoms with Crippen LogP contribution in [0.15, 0.2) is 24.4 Å². The number of phenols is 1. The Morgan fingerprint density at radius 3 is 2.76 bits per heavy atom. The number of Topliss-reactive ketones (excluding diaryl/α,β-unsaturated/α-hetero) is 1. The van der Waals surface area contributed by atoms with Gasteiger partial charge in [0.15, 0.2) is 5.78 Å². The third kappa shape index (κ3) is 2.33. The zero-order valence-electron chi connectivity index (χ0n) is 11.9. The zero-order chi connectivity index (χ0) is 14.4. The molecule has 0 spiro atoms. The summed E-state index contributed by atoms with van der Waals surface area (Å²) in [4.78, 5) is 15.7. The number of nitrogens with one attached hydrogen (secondary N) is 2. The molecular formula is C17H20N2O2. The van der Waals surface area contributed by atoms with Gasteiger partial charge in [-0.3, -0.25) is 4.79 Å². The Kier molecular flexibility index (Phi) is 3.00. The molecule has 2 aliphatic heterocycles. The maximum atomic E-state index is 12.6. The number of aromatic nitrogens is 1. The van der Waals surface area contributed by atoms with E-state index in [1.807, 2.05) is 6.07 Å². The van der Waals surface area contributed by atoms with E-state index in [2.05, 4.69) is 10.3 Å². The summed E-state index contributed by atoms with van der Waals surface area (Å²) in [6, 6.07) is 6.37. The molecule has 0 radical (unpaired) electrons. The minimum atomic E-state index is 0.221. The summed E-state index contributed by atoms with van der Waals surface area (Å²) in [5.74, 6) is 0.954. The van der Waals surface area contributed by atoms with Crippen LogP contribution in [0.5, 0.6) is 5.75 Å². The van der Waals surface area contributed by atoms with Crippen LogP contribution in [0.25, 0.3) is 10.9 Å². The number of fused-ring (bicyclic) bond motifs is 3. The molecule has 4 rings (SSSR count). The van der Waals surface area contributed by atoms with Gasteiger partial charge in [0.2, 0.25) is 0 Å². The van der Waals surface area contributed by atoms with Crippen molar-refractivity contribution in [3.63, 3.8) is 0 Å². The molecule has 21 heavy (non-hydrogen) atoms. The van der Waals surface area contributed by atoms with Gasteiger partial charge in [-0.15, -0.1) is 0 Å². The van der Waals surface area contributed by atoms with Crippen LogP contribution in [-0.2, 0) is 0 Å². The molecule has 2 fully saturated rings. The summed E-state index contributed by atoms with van der Waals surface area (Å²) in [5.41, 5.74) is 1.58. The molecule has 110 valence electrons. The Balaban J connectivity index is 1.53. The highest BCUT2D eigenvalue weighted by molar-refractivity contribution is 6.08. The van der Waals surface area contributed by atoms with E-state index in [1.165, 1.54) is 12.8 Å². The Labute approximate surface area is 123 Å². The molecule has 1 aromatic heterocycles. The molecule has 4 nitrogen and oxygen atoms in total. The summed E-state index contributed by atoms with van der Waals surface area (Å²) in [6.45, 7) is 0. The Bertz CT molecular complexity index is 679. The lowest BCUT2D eigenvalue weighted by atomic mass is 9.87. The van der Waals surface area contributed by atoms with Crippen molar-refractivity contribution in [2.45, 2.75) is 44.2 Å². The number of aromatic amines is 1. The van der Waals surface area contributed by atoms with Crippen molar-refractivity contribution in [1.82, 2.24) is 10.3 Å². The number of aromatic hydroxyl groups is 1. The van der Waals surface area contributed by atoms with E-state index >= 15 is 0 Å². The highest BCUT2D eigenvalue weighted by Gasteiger charge is 2.34. The number of ketones is 1. The molecule has 0 saturated carbocycles. The third-order valence-electron chi connectivity index (χ3n) is 5.01. The van der Waals surface area contributed by atoms with E-state index < -0.39 is 0 Å². The third-order valence-corrected chi connectivity index (χ3v) is 5.01. The van der Waals surface area contributed by atoms with Gasteiger partial charge in [0.05, 0.1) is 0 Å². The molecule has 1 aromatic carbocycles. The standard InChI is InChI=1S/C17H20N2O2/c20-13-3-4-14-15(9-18-16(14)8-13)17(21)7-10-5-11-1-2-12(6-10)19-11/h3-4,8-12,18-20H,1-2,5-7H2. The fourth-order valence-electron chi connectivity index (χ4n) is 4.06. The average molecular weight is 284 g/mol. The number of carbonyl (C=O) groups is 1. The van der Waals surface area contributed by atoms with E-state index in [-0.39, 0.29) is 11.5 Å². The van der Waals surface area contributed by atoms with Crippen LogP contribution < -0.4 is 5.32 Å². The average Bonchev–Trinajstić information content (AvgIpc) is 3.01. The van der Waals surface area contributed by atoms with E-state index in [1.54, 1.807) is 18.3 Å². The second kappa shape index (κ2) is 4.88. The van der Waals surface area contributed by atoms with Gasteiger partial charge >= 0.3 is 0 Å². The van der Waals surface area contributed by atoms with Crippen LogP contribution in [0.3, 0.4) is 0 Å². The van der Waals surface area contributed by atoms with Crippen LogP contribution in [0.1, 0.15) is 42.5 Å². The number of H-pyrrole nitrogens is 1. The number of hydrogen-bond acceptors (Lipinski definition) is 3. The van der Waals surface area contributed by atoms with Gasteiger partial charge in [-0.2, -0.15) is 0 Å². The zero-order valence-corrected chi connectivity index (χ0v) is 11.9. The molecule has 2 saturated heterocycles. The van der Waals surface area contributed by atoms with Gasteiger partial charge in [-0.25, -0.2) is 0 Å². The Morgan fingerprint density at radius 2 is 2.00 bits per heavy atom. The topological polar surface area (TPSA) is 65.1 Å². The number of rotatable bonds is 3. The minimum Gasteiger partial charge on any atom is -0.508 e. The van der Waals surface area contributed by atoms with Gasteiger partial charge < -0.3 is 15.4 Å². The van der Waals surface area contributed by atoms with Crippen molar-refractivity contribution in [2.75, 3.05) is 0 Å². The highest BCUT2D eigenvalue weighted by Crippen LogP contribution is 2.34. The smallest absolute Gasteiger partial charge is 0.165 e. The first-order valence-corrected chi connectivity index (χ1v) is 7.78. The fraction of sp³-hybridized carbons (Fsp3) is 0.471. The highest BCUT2D eigenvalue weighted by atomic mass is 16.3. The molecular weight excluding hydrogens is 264 g/mol. The van der Waals surface area contributed by atoms with E-state index in [4.69, 9.17) is 0 Å². The molecule has 3 heterocycles. The molecule has 0 aliphatic carbocycles. The summed E-state index contributed by atoms with van der Waals surface area (Å²) in [6.07, 6.45) is 7.21. The SMILES string of the molecule is O=C(CC1CC2CCC(C1)N2)c1c[nH]c2cc(O)ccc12. The van der Waals surface area contributed by atoms with Crippen molar-refractivity contribution >= 4 is 16.7 Å². The number of carbonyl (C=O) groups excluding carboxylic acids is 1. The largest absolute Gasteiger partial charge is 0.508 e. The maximum absolute atomic E-state index is 12.6. The van der Waals surface area contributed by atoms with Gasteiger partial charge in [0.1, 0.15) is 5.75 Å². The first kappa shape index (κ1) is 12.9. The van der Waals surface area contributed by atoms with E-state index in [0.717, 1.165) is 29.3 Å². The number of hydrogen-bond donors (Lipinski definition) is 3. The first-order chi connectivity index (χ1) is 10.2. The van der Waals surface area contributed by atoms with Crippen molar-refractivity contribution in [2.24, 2.45) is 5.92 Å². The predicted molar refractivity (Wildman–Crippen MR) is 81.6 cm³/mol. The van der Waals surface area contributed by atoms with E-state index in [0.29, 0.717) is 24.4 Å². The van der Waals surface area contributed by atoms with Gasteiger partial charge in [-0.1, -0.05) is 0 Å². The summed E-state index contributed by atoms with van der Waals surface area (Å²) >= 11 is 0. The first-order valence-electron chi connectivity index (χ1n) is 7.78. The minimum absolute atomic E-state index is 0.221. The normalized spacial score (nSPS) is 28.1. The van der Waals surface area contributed by atoms with Crippen LogP contribution in [0.4, 0.5) is 0 Å². The maximum Gasteiger partial charge on any atom is 0.165 e. The van der Waals surface area contributed by atoms with Gasteiger partial charge in [-0.05, 0) is 43.7 Å². The molecule has 2 bridgehead atoms. The molecule has 2 atom stereocenters. The van der Waals surface area contributed by atoms with Crippen molar-refractivity contribution < 1.29 is 9.90 Å². The lowest BCUT2D eigenvalue weighted by molar-refractivity contribution is 0.0947. The van der Waals surface area contributed by atoms with Crippen LogP contribution >= 0.6 is 0 Å². The molecule has 3 N–H and O–H groups in total. The second-order valence-corrected chi connectivity index (χ2v) is 6.53. The molecule has 4 heteroatoms. The van der Waals surface area contributed by atoms with Crippen LogP contribution in [0, 0.1) is 5.92 Å². The quantitative estimate of drug-likeness (QED) is 0.759. The number of piperidine rings is 1. The lowest BCUT2D eigenvalue weighted by Crippen LogP contribution is -2.38. The van der Waals surface area contributed by atoms with Crippen LogP contribution in [0.2, 0.25) is 0 Å². The van der Waals surface area contributed by atoms with Gasteiger partial charge in [0.25, 0.3) is 0 Å². The van der Waals surface area contributed by atoms with Crippen molar-refractivity contribution in [3.05, 3.63) is 30.0 Å². The van der Waals surface area contributed by atoms with Crippen molar-refractivity contribution in [1.29, 1.82) is 0 Å². The summed E-state index contributed by atoms with van der Waals surface area (Å²) in [5, 5.41) is 14.0. The molecule has 2 unspecified atom stereocenters.